The summed E-state index contributed by atoms with van der Waals surface area (Å²) in [5, 5.41) is 2.73. The number of halogens is 1. The van der Waals surface area contributed by atoms with Crippen LogP contribution < -0.4 is 14.8 Å². The molecule has 1 fully saturated rings. The smallest absolute Gasteiger partial charge is 0.407 e. The van der Waals surface area contributed by atoms with Crippen LogP contribution in [0, 0.1) is 5.92 Å². The van der Waals surface area contributed by atoms with Crippen LogP contribution in [0.3, 0.4) is 0 Å². The number of amides is 1. The Hall–Kier alpha value is -1.47. The average Bonchev–Trinajstić information content (AvgIpc) is 2.46. The Bertz CT molecular complexity index is 519. The molecule has 6 nitrogen and oxygen atoms in total. The number of nitrogens with one attached hydrogen (secondary N) is 1. The summed E-state index contributed by atoms with van der Waals surface area (Å²) in [6, 6.07) is 3.74. The zero-order valence-electron chi connectivity index (χ0n) is 12.7. The largest absolute Gasteiger partial charge is 0.496 e. The molecule has 0 saturated carbocycles. The lowest BCUT2D eigenvalue weighted by atomic mass is 10.1. The number of hydrogen-bond acceptors (Lipinski definition) is 5. The highest BCUT2D eigenvalue weighted by atomic mass is 79.9. The van der Waals surface area contributed by atoms with Gasteiger partial charge in [-0.3, -0.25) is 0 Å². The van der Waals surface area contributed by atoms with Crippen molar-refractivity contribution >= 4 is 22.0 Å². The fourth-order valence-corrected chi connectivity index (χ4v) is 2.53. The van der Waals surface area contributed by atoms with Crippen molar-refractivity contribution in [2.24, 2.45) is 5.92 Å². The molecular formula is C15H20BrNO5. The molecule has 0 aromatic heterocycles. The van der Waals surface area contributed by atoms with Gasteiger partial charge in [0.25, 0.3) is 0 Å². The summed E-state index contributed by atoms with van der Waals surface area (Å²) in [7, 11) is 3.22. The van der Waals surface area contributed by atoms with E-state index >= 15 is 0 Å². The van der Waals surface area contributed by atoms with Crippen LogP contribution >= 0.6 is 15.9 Å². The second-order valence-electron chi connectivity index (χ2n) is 4.98. The number of carbonyl (C=O) groups excluding carboxylic acids is 1. The van der Waals surface area contributed by atoms with E-state index in [9.17, 15) is 4.79 Å². The summed E-state index contributed by atoms with van der Waals surface area (Å²) in [5.41, 5.74) is 0.954. The molecule has 1 N–H and O–H groups in total. The van der Waals surface area contributed by atoms with Crippen LogP contribution in [0.5, 0.6) is 11.5 Å². The van der Waals surface area contributed by atoms with Gasteiger partial charge < -0.3 is 24.3 Å². The normalized spacial score (nSPS) is 14.1. The number of carbonyl (C=O) groups is 1. The third-order valence-corrected chi connectivity index (χ3v) is 4.00. The zero-order valence-corrected chi connectivity index (χ0v) is 14.3. The van der Waals surface area contributed by atoms with Crippen LogP contribution in [0.2, 0.25) is 0 Å². The van der Waals surface area contributed by atoms with Crippen molar-refractivity contribution in [2.75, 3.05) is 40.6 Å². The highest BCUT2D eigenvalue weighted by Gasteiger charge is 2.20. The molecule has 1 aromatic carbocycles. The molecule has 0 radical (unpaired) electrons. The summed E-state index contributed by atoms with van der Waals surface area (Å²) in [4.78, 5) is 11.6. The van der Waals surface area contributed by atoms with Gasteiger partial charge in [0.15, 0.2) is 0 Å². The van der Waals surface area contributed by atoms with Gasteiger partial charge in [-0.25, -0.2) is 4.79 Å². The summed E-state index contributed by atoms with van der Waals surface area (Å²) in [5.74, 6) is 1.80. The molecule has 0 unspecified atom stereocenters. The number of hydrogen-bond donors (Lipinski definition) is 1. The van der Waals surface area contributed by atoms with Crippen LogP contribution in [-0.4, -0.2) is 46.7 Å². The Morgan fingerprint density at radius 3 is 2.64 bits per heavy atom. The quantitative estimate of drug-likeness (QED) is 0.794. The van der Waals surface area contributed by atoms with E-state index in [1.165, 1.54) is 0 Å². The Kier molecular flexibility index (Phi) is 6.33. The summed E-state index contributed by atoms with van der Waals surface area (Å²) < 4.78 is 21.6. The van der Waals surface area contributed by atoms with Crippen LogP contribution in [-0.2, 0) is 15.9 Å². The number of ether oxygens (including phenoxy) is 4. The van der Waals surface area contributed by atoms with E-state index in [0.29, 0.717) is 38.7 Å². The van der Waals surface area contributed by atoms with Gasteiger partial charge in [-0.1, -0.05) is 0 Å². The van der Waals surface area contributed by atoms with E-state index in [-0.39, 0.29) is 0 Å². The molecule has 0 atom stereocenters. The van der Waals surface area contributed by atoms with E-state index in [1.54, 1.807) is 14.2 Å². The van der Waals surface area contributed by atoms with Gasteiger partial charge in [0.2, 0.25) is 0 Å². The molecule has 0 aliphatic carbocycles. The molecule has 1 heterocycles. The maximum Gasteiger partial charge on any atom is 0.407 e. The number of alkyl carbamates (subject to hydrolysis) is 1. The van der Waals surface area contributed by atoms with E-state index in [0.717, 1.165) is 21.5 Å². The van der Waals surface area contributed by atoms with E-state index in [1.807, 2.05) is 12.1 Å². The van der Waals surface area contributed by atoms with Gasteiger partial charge in [0.1, 0.15) is 18.1 Å². The molecule has 0 spiro atoms. The maximum absolute atomic E-state index is 11.6. The second-order valence-corrected chi connectivity index (χ2v) is 5.83. The lowest BCUT2D eigenvalue weighted by molar-refractivity contribution is -0.0579. The van der Waals surface area contributed by atoms with Gasteiger partial charge in [-0.05, 0) is 40.0 Å². The second kappa shape index (κ2) is 8.24. The van der Waals surface area contributed by atoms with Gasteiger partial charge >= 0.3 is 6.09 Å². The van der Waals surface area contributed by atoms with Gasteiger partial charge in [0.05, 0.1) is 31.9 Å². The van der Waals surface area contributed by atoms with Crippen molar-refractivity contribution in [1.29, 1.82) is 0 Å². The predicted molar refractivity (Wildman–Crippen MR) is 84.6 cm³/mol. The van der Waals surface area contributed by atoms with Crippen LogP contribution in [0.4, 0.5) is 4.79 Å². The zero-order chi connectivity index (χ0) is 15.9. The van der Waals surface area contributed by atoms with Crippen molar-refractivity contribution < 1.29 is 23.7 Å². The minimum absolute atomic E-state index is 0.335. The molecule has 1 aliphatic rings. The van der Waals surface area contributed by atoms with Crippen molar-refractivity contribution in [3.05, 3.63) is 22.2 Å². The first-order valence-corrected chi connectivity index (χ1v) is 7.82. The Morgan fingerprint density at radius 2 is 2.05 bits per heavy atom. The van der Waals surface area contributed by atoms with Gasteiger partial charge in [0, 0.05) is 12.5 Å². The molecule has 1 amide bonds. The van der Waals surface area contributed by atoms with Crippen molar-refractivity contribution in [3.8, 4) is 11.5 Å². The van der Waals surface area contributed by atoms with Gasteiger partial charge in [-0.15, -0.1) is 0 Å². The molecule has 1 saturated heterocycles. The van der Waals surface area contributed by atoms with E-state index in [2.05, 4.69) is 21.2 Å². The Balaban J connectivity index is 1.81. The standard InChI is InChI=1S/C15H20BrNO5/c1-19-13-6-12(16)14(20-2)5-11(13)3-4-17-15(18)22-9-10-7-21-8-10/h5-6,10H,3-4,7-9H2,1-2H3,(H,17,18). The minimum Gasteiger partial charge on any atom is -0.496 e. The molecule has 7 heteroatoms. The lowest BCUT2D eigenvalue weighted by Crippen LogP contribution is -2.35. The fourth-order valence-electron chi connectivity index (χ4n) is 2.04. The van der Waals surface area contributed by atoms with E-state index in [4.69, 9.17) is 18.9 Å². The highest BCUT2D eigenvalue weighted by Crippen LogP contribution is 2.32. The SMILES string of the molecule is COc1cc(CCNC(=O)OCC2COC2)c(OC)cc1Br. The topological polar surface area (TPSA) is 66.0 Å². The molecule has 22 heavy (non-hydrogen) atoms. The average molecular weight is 374 g/mol. The molecular weight excluding hydrogens is 354 g/mol. The van der Waals surface area contributed by atoms with Crippen molar-refractivity contribution in [2.45, 2.75) is 6.42 Å². The Labute approximate surface area is 138 Å². The highest BCUT2D eigenvalue weighted by molar-refractivity contribution is 9.10. The maximum atomic E-state index is 11.6. The molecule has 2 rings (SSSR count). The van der Waals surface area contributed by atoms with Crippen LogP contribution in [0.1, 0.15) is 5.56 Å². The van der Waals surface area contributed by atoms with Crippen LogP contribution in [0.15, 0.2) is 16.6 Å². The van der Waals surface area contributed by atoms with E-state index < -0.39 is 6.09 Å². The minimum atomic E-state index is -0.407. The summed E-state index contributed by atoms with van der Waals surface area (Å²) >= 11 is 3.42. The third-order valence-electron chi connectivity index (χ3n) is 3.38. The number of rotatable bonds is 7. The van der Waals surface area contributed by atoms with Crippen molar-refractivity contribution in [3.63, 3.8) is 0 Å². The fraction of sp³-hybridized carbons (Fsp3) is 0.533. The number of benzene rings is 1. The van der Waals surface area contributed by atoms with Crippen LogP contribution in [0.25, 0.3) is 0 Å². The Morgan fingerprint density at radius 1 is 1.32 bits per heavy atom. The lowest BCUT2D eigenvalue weighted by Gasteiger charge is -2.25. The summed E-state index contributed by atoms with van der Waals surface area (Å²) in [6.07, 6.45) is 0.212. The predicted octanol–water partition coefficient (Wildman–Crippen LogP) is 2.38. The first-order valence-electron chi connectivity index (χ1n) is 7.02. The van der Waals surface area contributed by atoms with Gasteiger partial charge in [-0.2, -0.15) is 0 Å². The molecule has 122 valence electrons. The van der Waals surface area contributed by atoms with Crippen molar-refractivity contribution in [1.82, 2.24) is 5.32 Å². The first-order chi connectivity index (χ1) is 10.6. The first kappa shape index (κ1) is 16.9. The monoisotopic (exact) mass is 373 g/mol. The number of methoxy groups -OCH3 is 2. The molecule has 1 aromatic rings. The molecule has 0 bridgehead atoms. The third kappa shape index (κ3) is 4.51. The molecule has 1 aliphatic heterocycles. The summed E-state index contributed by atoms with van der Waals surface area (Å²) in [6.45, 7) is 2.20.